The van der Waals surface area contributed by atoms with Crippen molar-refractivity contribution in [3.63, 3.8) is 0 Å². The average Bonchev–Trinajstić information content (AvgIpc) is 3.34. The van der Waals surface area contributed by atoms with Crippen LogP contribution in [0.2, 0.25) is 0 Å². The smallest absolute Gasteiger partial charge is 0.243 e. The highest BCUT2D eigenvalue weighted by Crippen LogP contribution is 2.37. The van der Waals surface area contributed by atoms with Gasteiger partial charge in [-0.1, -0.05) is 12.1 Å². The fourth-order valence-electron chi connectivity index (χ4n) is 3.63. The number of rotatable bonds is 10. The molecule has 3 N–H and O–H groups in total. The summed E-state index contributed by atoms with van der Waals surface area (Å²) in [4.78, 5) is 12.8. The van der Waals surface area contributed by atoms with Crippen molar-refractivity contribution in [1.82, 2.24) is 29.7 Å². The number of benzene rings is 1. The van der Waals surface area contributed by atoms with Crippen molar-refractivity contribution in [1.29, 1.82) is 0 Å². The molecule has 3 aromatic heterocycles. The van der Waals surface area contributed by atoms with Gasteiger partial charge in [-0.15, -0.1) is 10.2 Å². The van der Waals surface area contributed by atoms with E-state index in [1.54, 1.807) is 48.8 Å². The summed E-state index contributed by atoms with van der Waals surface area (Å²) in [5.74, 6) is 1.38. The van der Waals surface area contributed by atoms with Gasteiger partial charge in [0.1, 0.15) is 28.7 Å². The molecule has 0 bridgehead atoms. The number of sulfonamides is 1. The number of methoxy groups -OCH3 is 3. The van der Waals surface area contributed by atoms with Crippen molar-refractivity contribution < 1.29 is 22.6 Å². The predicted molar refractivity (Wildman–Crippen MR) is 140 cm³/mol. The van der Waals surface area contributed by atoms with E-state index in [1.165, 1.54) is 32.8 Å². The van der Waals surface area contributed by atoms with Crippen LogP contribution in [0.3, 0.4) is 0 Å². The highest BCUT2D eigenvalue weighted by Gasteiger charge is 2.33. The number of anilines is 1. The molecule has 3 heterocycles. The van der Waals surface area contributed by atoms with E-state index in [9.17, 15) is 8.42 Å². The van der Waals surface area contributed by atoms with E-state index in [4.69, 9.17) is 19.9 Å². The second-order valence-electron chi connectivity index (χ2n) is 8.26. The summed E-state index contributed by atoms with van der Waals surface area (Å²) in [7, 11) is 0.330. The molecule has 0 unspecified atom stereocenters. The zero-order valence-corrected chi connectivity index (χ0v) is 22.3. The van der Waals surface area contributed by atoms with Crippen LogP contribution < -0.4 is 24.7 Å². The van der Waals surface area contributed by atoms with Crippen LogP contribution in [0.4, 0.5) is 5.95 Å². The molecule has 14 heteroatoms. The van der Waals surface area contributed by atoms with E-state index in [0.29, 0.717) is 28.8 Å². The number of ether oxygens (including phenoxy) is 3. The van der Waals surface area contributed by atoms with Gasteiger partial charge in [0.25, 0.3) is 0 Å². The Morgan fingerprint density at radius 3 is 2.18 bits per heavy atom. The van der Waals surface area contributed by atoms with Crippen LogP contribution >= 0.6 is 0 Å². The van der Waals surface area contributed by atoms with Crippen molar-refractivity contribution in [3.8, 4) is 34.6 Å². The third-order valence-electron chi connectivity index (χ3n) is 5.78. The minimum Gasteiger partial charge on any atom is -0.494 e. The third kappa shape index (κ3) is 5.21. The van der Waals surface area contributed by atoms with E-state index in [-0.39, 0.29) is 17.6 Å². The van der Waals surface area contributed by atoms with Crippen molar-refractivity contribution in [2.45, 2.75) is 25.1 Å². The summed E-state index contributed by atoms with van der Waals surface area (Å²) >= 11 is 0. The lowest BCUT2D eigenvalue weighted by atomic mass is 10.2. The van der Waals surface area contributed by atoms with Crippen LogP contribution in [-0.4, -0.2) is 64.7 Å². The fraction of sp³-hybridized carbons (Fsp3) is 0.292. The molecule has 0 aliphatic carbocycles. The molecule has 13 nitrogen and oxygen atoms in total. The Labute approximate surface area is 220 Å². The van der Waals surface area contributed by atoms with Gasteiger partial charge in [0, 0.05) is 18.5 Å². The van der Waals surface area contributed by atoms with Gasteiger partial charge in [0.15, 0.2) is 5.82 Å². The average molecular weight is 541 g/mol. The van der Waals surface area contributed by atoms with Gasteiger partial charge in [-0.2, -0.15) is 0 Å². The monoisotopic (exact) mass is 540 g/mol. The van der Waals surface area contributed by atoms with E-state index in [1.807, 2.05) is 6.92 Å². The Kier molecular flexibility index (Phi) is 7.73. The molecule has 0 saturated heterocycles. The first kappa shape index (κ1) is 26.8. The van der Waals surface area contributed by atoms with Gasteiger partial charge < -0.3 is 19.9 Å². The molecule has 0 radical (unpaired) electrons. The third-order valence-corrected chi connectivity index (χ3v) is 7.52. The van der Waals surface area contributed by atoms with Gasteiger partial charge in [0.2, 0.25) is 21.9 Å². The summed E-state index contributed by atoms with van der Waals surface area (Å²) in [6.07, 6.45) is 3.15. The minimum atomic E-state index is -4.13. The number of nitrogens with one attached hydrogen (secondary N) is 1. The van der Waals surface area contributed by atoms with Gasteiger partial charge in [-0.25, -0.2) is 23.4 Å². The lowest BCUT2D eigenvalue weighted by Gasteiger charge is -2.21. The Bertz CT molecular complexity index is 1500. The van der Waals surface area contributed by atoms with E-state index >= 15 is 0 Å². The highest BCUT2D eigenvalue weighted by molar-refractivity contribution is 7.93. The van der Waals surface area contributed by atoms with Crippen LogP contribution in [0.15, 0.2) is 48.8 Å². The van der Waals surface area contributed by atoms with Gasteiger partial charge in [0.05, 0.1) is 32.6 Å². The lowest BCUT2D eigenvalue weighted by molar-refractivity contribution is 0.391. The van der Waals surface area contributed by atoms with Gasteiger partial charge in [-0.05, 0) is 37.6 Å². The molecule has 38 heavy (non-hydrogen) atoms. The first-order chi connectivity index (χ1) is 18.2. The first-order valence-electron chi connectivity index (χ1n) is 11.4. The maximum atomic E-state index is 13.5. The SMILES string of the molecule is COc1cccc(-c2nnc(NS(=O)(=O)[C@@H](C)[C@H](N)c3ncc(C)cn3)n2-c2c(OC)cccc2OC)n1. The van der Waals surface area contributed by atoms with Crippen LogP contribution in [-0.2, 0) is 10.0 Å². The number of hydrogen-bond acceptors (Lipinski definition) is 11. The molecule has 4 rings (SSSR count). The van der Waals surface area contributed by atoms with E-state index in [2.05, 4.69) is 29.9 Å². The van der Waals surface area contributed by atoms with E-state index < -0.39 is 21.3 Å². The molecule has 0 amide bonds. The largest absolute Gasteiger partial charge is 0.494 e. The summed E-state index contributed by atoms with van der Waals surface area (Å²) in [6, 6.07) is 9.22. The summed E-state index contributed by atoms with van der Waals surface area (Å²) in [6.45, 7) is 3.29. The fourth-order valence-corrected chi connectivity index (χ4v) is 4.71. The molecule has 200 valence electrons. The maximum absolute atomic E-state index is 13.5. The molecule has 0 saturated carbocycles. The standard InChI is InChI=1S/C24H28N8O5S/c1-14-12-26-22(27-13-14)20(25)15(2)38(33,34)31-24-30-29-23(16-8-6-11-19(28-16)37-5)32(24)21-17(35-3)9-7-10-18(21)36-4/h6-13,15,20H,25H2,1-5H3,(H,30,31)/t15-,20-/m0/s1. The van der Waals surface area contributed by atoms with Crippen LogP contribution in [0, 0.1) is 6.92 Å². The highest BCUT2D eigenvalue weighted by atomic mass is 32.2. The Hall–Kier alpha value is -4.30. The number of pyridine rings is 1. The number of nitrogens with two attached hydrogens (primary N) is 1. The number of para-hydroxylation sites is 1. The second-order valence-corrected chi connectivity index (χ2v) is 10.3. The number of aromatic nitrogens is 6. The molecule has 0 fully saturated rings. The molecule has 0 aliphatic rings. The van der Waals surface area contributed by atoms with Crippen LogP contribution in [0.5, 0.6) is 17.4 Å². The van der Waals surface area contributed by atoms with Crippen LogP contribution in [0.25, 0.3) is 17.2 Å². The molecule has 4 aromatic rings. The normalized spacial score (nSPS) is 13.0. The van der Waals surface area contributed by atoms with Crippen molar-refractivity contribution >= 4 is 16.0 Å². The topological polar surface area (TPSA) is 169 Å². The molecule has 0 aliphatic heterocycles. The molecule has 1 aromatic carbocycles. The Balaban J connectivity index is 1.84. The maximum Gasteiger partial charge on any atom is 0.243 e. The number of hydrogen-bond donors (Lipinski definition) is 2. The predicted octanol–water partition coefficient (Wildman–Crippen LogP) is 2.28. The van der Waals surface area contributed by atoms with Crippen LogP contribution in [0.1, 0.15) is 24.4 Å². The lowest BCUT2D eigenvalue weighted by Crippen LogP contribution is -2.36. The molecular formula is C24H28N8O5S. The summed E-state index contributed by atoms with van der Waals surface area (Å²) in [5.41, 5.74) is 7.80. The van der Waals surface area contributed by atoms with Gasteiger partial charge >= 0.3 is 0 Å². The Morgan fingerprint density at radius 1 is 0.947 bits per heavy atom. The second kappa shape index (κ2) is 11.0. The quantitative estimate of drug-likeness (QED) is 0.302. The van der Waals surface area contributed by atoms with Crippen molar-refractivity contribution in [2.75, 3.05) is 26.1 Å². The molecule has 2 atom stereocenters. The van der Waals surface area contributed by atoms with Gasteiger partial charge in [-0.3, -0.25) is 9.29 Å². The molecule has 0 spiro atoms. The Morgan fingerprint density at radius 2 is 1.58 bits per heavy atom. The van der Waals surface area contributed by atoms with Crippen molar-refractivity contribution in [3.05, 3.63) is 60.2 Å². The first-order valence-corrected chi connectivity index (χ1v) is 13.0. The van der Waals surface area contributed by atoms with E-state index in [0.717, 1.165) is 5.56 Å². The number of aryl methyl sites for hydroxylation is 1. The molecular weight excluding hydrogens is 512 g/mol. The summed E-state index contributed by atoms with van der Waals surface area (Å²) < 4.78 is 47.4. The summed E-state index contributed by atoms with van der Waals surface area (Å²) in [5, 5.41) is 7.26. The zero-order valence-electron chi connectivity index (χ0n) is 21.5. The minimum absolute atomic E-state index is 0.128. The zero-order chi connectivity index (χ0) is 27.4. The number of nitrogens with zero attached hydrogens (tertiary/aromatic N) is 6. The van der Waals surface area contributed by atoms with Crippen molar-refractivity contribution in [2.24, 2.45) is 5.73 Å².